The van der Waals surface area contributed by atoms with Crippen molar-refractivity contribution in [2.75, 3.05) is 14.2 Å². The third-order valence-electron chi connectivity index (χ3n) is 7.36. The van der Waals surface area contributed by atoms with Crippen LogP contribution < -0.4 is 19.7 Å². The smallest absolute Gasteiger partial charge is 0.271 e. The van der Waals surface area contributed by atoms with Gasteiger partial charge in [-0.25, -0.2) is 10.1 Å². The van der Waals surface area contributed by atoms with E-state index < -0.39 is 0 Å². The maximum atomic E-state index is 13.2. The van der Waals surface area contributed by atoms with Crippen LogP contribution in [0.3, 0.4) is 0 Å². The molecule has 0 atom stereocenters. The zero-order valence-corrected chi connectivity index (χ0v) is 27.6. The zero-order valence-electron chi connectivity index (χ0n) is 25.2. The predicted octanol–water partition coefficient (Wildman–Crippen LogP) is 7.95. The predicted molar refractivity (Wildman–Crippen MR) is 186 cm³/mol. The second-order valence-electron chi connectivity index (χ2n) is 10.2. The van der Waals surface area contributed by atoms with Crippen LogP contribution in [0.15, 0.2) is 131 Å². The van der Waals surface area contributed by atoms with E-state index in [-0.39, 0.29) is 5.91 Å². The second-order valence-corrected chi connectivity index (χ2v) is 11.9. The van der Waals surface area contributed by atoms with Gasteiger partial charge in [0.25, 0.3) is 5.91 Å². The first-order valence-corrected chi connectivity index (χ1v) is 16.0. The summed E-state index contributed by atoms with van der Waals surface area (Å²) in [4.78, 5) is 13.8. The van der Waals surface area contributed by atoms with Crippen LogP contribution in [0.4, 0.5) is 0 Å². The number of allylic oxidation sites excluding steroid dienone is 1. The van der Waals surface area contributed by atoms with Crippen LogP contribution in [0.5, 0.6) is 11.5 Å². The third kappa shape index (κ3) is 6.58. The number of aromatic nitrogens is 3. The molecule has 6 aromatic rings. The van der Waals surface area contributed by atoms with Gasteiger partial charge in [-0.1, -0.05) is 34.1 Å². The number of methoxy groups -OCH3 is 2. The highest BCUT2D eigenvalue weighted by atomic mass is 79.9. The first-order chi connectivity index (χ1) is 22.5. The molecule has 1 N–H and O–H groups in total. The van der Waals surface area contributed by atoms with Crippen LogP contribution in [0.1, 0.15) is 10.4 Å². The Kier molecular flexibility index (Phi) is 9.28. The molecule has 0 saturated carbocycles. The molecule has 0 aliphatic carbocycles. The van der Waals surface area contributed by atoms with Crippen molar-refractivity contribution in [2.24, 2.45) is 5.10 Å². The van der Waals surface area contributed by atoms with Crippen molar-refractivity contribution >= 4 is 33.2 Å². The monoisotopic (exact) mass is 691 g/mol. The average Bonchev–Trinajstić information content (AvgIpc) is 3.73. The molecule has 1 amide bonds. The van der Waals surface area contributed by atoms with E-state index in [1.807, 2.05) is 112 Å². The molecule has 0 aliphatic heterocycles. The van der Waals surface area contributed by atoms with Gasteiger partial charge in [0.1, 0.15) is 11.5 Å². The van der Waals surface area contributed by atoms with Gasteiger partial charge in [-0.3, -0.25) is 4.79 Å². The van der Waals surface area contributed by atoms with E-state index in [9.17, 15) is 4.79 Å². The minimum Gasteiger partial charge on any atom is -0.497 e. The van der Waals surface area contributed by atoms with Crippen molar-refractivity contribution in [3.63, 3.8) is 0 Å². The van der Waals surface area contributed by atoms with E-state index in [1.54, 1.807) is 26.4 Å². The molecule has 0 fully saturated rings. The summed E-state index contributed by atoms with van der Waals surface area (Å²) < 4.78 is 15.6. The standard InChI is InChI=1S/C36H30BrN5O3S/c1-4-21-41-34(26-5-13-28(37)14-6-26)23-46-36(41)39-38-35(43)27-7-15-29(16-8-27)42-33(25-11-19-31(45-3)20-12-25)22-32(40-42)24-9-17-30(44-2)18-10-24/h4-20,22-23H,1,21H2,2-3H3,(H,38,43). The number of amides is 1. The highest BCUT2D eigenvalue weighted by Crippen LogP contribution is 2.31. The fourth-order valence-electron chi connectivity index (χ4n) is 4.94. The van der Waals surface area contributed by atoms with Crippen LogP contribution in [0, 0.1) is 0 Å². The van der Waals surface area contributed by atoms with E-state index in [4.69, 9.17) is 14.6 Å². The van der Waals surface area contributed by atoms with Gasteiger partial charge < -0.3 is 14.0 Å². The SMILES string of the molecule is C=CCn1c(-c2ccc(Br)cc2)csc1=NNC(=O)c1ccc(-n2nc(-c3ccc(OC)cc3)cc2-c2ccc(OC)cc2)cc1. The normalized spacial score (nSPS) is 11.3. The van der Waals surface area contributed by atoms with Gasteiger partial charge in [0.15, 0.2) is 0 Å². The Morgan fingerprint density at radius 1 is 0.870 bits per heavy atom. The van der Waals surface area contributed by atoms with E-state index in [0.717, 1.165) is 55.4 Å². The zero-order chi connectivity index (χ0) is 32.0. The van der Waals surface area contributed by atoms with E-state index in [0.29, 0.717) is 16.9 Å². The fourth-order valence-corrected chi connectivity index (χ4v) is 6.08. The molecule has 8 nitrogen and oxygen atoms in total. The minimum atomic E-state index is -0.315. The molecule has 0 aliphatic rings. The number of hydrogen-bond donors (Lipinski definition) is 1. The first kappa shape index (κ1) is 30.8. The summed E-state index contributed by atoms with van der Waals surface area (Å²) in [7, 11) is 3.29. The molecular weight excluding hydrogens is 662 g/mol. The maximum Gasteiger partial charge on any atom is 0.271 e. The number of rotatable bonds is 10. The molecule has 230 valence electrons. The van der Waals surface area contributed by atoms with Gasteiger partial charge in [-0.05, 0) is 96.6 Å². The van der Waals surface area contributed by atoms with E-state index in [2.05, 4.69) is 33.0 Å². The van der Waals surface area contributed by atoms with Crippen molar-refractivity contribution in [3.8, 4) is 51.0 Å². The largest absolute Gasteiger partial charge is 0.497 e. The Labute approximate surface area is 279 Å². The molecule has 46 heavy (non-hydrogen) atoms. The third-order valence-corrected chi connectivity index (χ3v) is 8.75. The summed E-state index contributed by atoms with van der Waals surface area (Å²) in [5.41, 5.74) is 9.67. The Bertz CT molecular complexity index is 2040. The van der Waals surface area contributed by atoms with Crippen molar-refractivity contribution in [1.82, 2.24) is 19.8 Å². The molecule has 0 unspecified atom stereocenters. The van der Waals surface area contributed by atoms with Crippen molar-refractivity contribution < 1.29 is 14.3 Å². The van der Waals surface area contributed by atoms with Gasteiger partial charge in [0, 0.05) is 33.1 Å². The molecule has 0 spiro atoms. The van der Waals surface area contributed by atoms with E-state index >= 15 is 0 Å². The Morgan fingerprint density at radius 3 is 2.07 bits per heavy atom. The van der Waals surface area contributed by atoms with Crippen LogP contribution in [0.25, 0.3) is 39.5 Å². The lowest BCUT2D eigenvalue weighted by Gasteiger charge is -2.09. The number of benzene rings is 4. The van der Waals surface area contributed by atoms with Crippen molar-refractivity contribution in [1.29, 1.82) is 0 Å². The van der Waals surface area contributed by atoms with Gasteiger partial charge in [0.2, 0.25) is 4.80 Å². The summed E-state index contributed by atoms with van der Waals surface area (Å²) in [6.45, 7) is 4.44. The number of nitrogens with one attached hydrogen (secondary N) is 1. The number of hydrogen-bond acceptors (Lipinski definition) is 6. The number of carbonyl (C=O) groups excluding carboxylic acids is 1. The molecular formula is C36H30BrN5O3S. The lowest BCUT2D eigenvalue weighted by Crippen LogP contribution is -2.24. The Balaban J connectivity index is 1.28. The van der Waals surface area contributed by atoms with Crippen LogP contribution >= 0.6 is 27.3 Å². The molecule has 0 radical (unpaired) electrons. The highest BCUT2D eigenvalue weighted by Gasteiger charge is 2.15. The van der Waals surface area contributed by atoms with Gasteiger partial charge >= 0.3 is 0 Å². The van der Waals surface area contributed by atoms with E-state index in [1.165, 1.54) is 11.3 Å². The lowest BCUT2D eigenvalue weighted by molar-refractivity contribution is 0.0953. The molecule has 4 aromatic carbocycles. The molecule has 2 heterocycles. The molecule has 10 heteroatoms. The van der Waals surface area contributed by atoms with Crippen molar-refractivity contribution in [3.05, 3.63) is 136 Å². The average molecular weight is 693 g/mol. The summed E-state index contributed by atoms with van der Waals surface area (Å²) in [6.07, 6.45) is 1.81. The Morgan fingerprint density at radius 2 is 1.46 bits per heavy atom. The van der Waals surface area contributed by atoms with Crippen LogP contribution in [-0.4, -0.2) is 34.5 Å². The number of halogens is 1. The summed E-state index contributed by atoms with van der Waals surface area (Å²) in [5.74, 6) is 1.23. The lowest BCUT2D eigenvalue weighted by atomic mass is 10.1. The first-order valence-electron chi connectivity index (χ1n) is 14.4. The highest BCUT2D eigenvalue weighted by molar-refractivity contribution is 9.10. The summed E-state index contributed by atoms with van der Waals surface area (Å²) in [5, 5.41) is 11.4. The minimum absolute atomic E-state index is 0.315. The summed E-state index contributed by atoms with van der Waals surface area (Å²) >= 11 is 4.94. The van der Waals surface area contributed by atoms with Crippen LogP contribution in [-0.2, 0) is 6.54 Å². The topological polar surface area (TPSA) is 82.7 Å². The van der Waals surface area contributed by atoms with Crippen LogP contribution in [0.2, 0.25) is 0 Å². The van der Waals surface area contributed by atoms with Gasteiger partial charge in [0.05, 0.1) is 37.0 Å². The number of thiazole rings is 1. The molecule has 0 bridgehead atoms. The Hall–Kier alpha value is -5.19. The van der Waals surface area contributed by atoms with Gasteiger partial charge in [-0.15, -0.1) is 23.0 Å². The number of nitrogens with zero attached hydrogens (tertiary/aromatic N) is 4. The quantitative estimate of drug-likeness (QED) is 0.117. The number of carbonyl (C=O) groups is 1. The maximum absolute atomic E-state index is 13.2. The molecule has 0 saturated heterocycles. The number of ether oxygens (including phenoxy) is 2. The molecule has 6 rings (SSSR count). The fraction of sp³-hybridized carbons (Fsp3) is 0.0833. The second kappa shape index (κ2) is 13.8. The summed E-state index contributed by atoms with van der Waals surface area (Å²) in [6, 6.07) is 33.0. The molecule has 2 aromatic heterocycles. The van der Waals surface area contributed by atoms with Crippen molar-refractivity contribution in [2.45, 2.75) is 6.54 Å². The van der Waals surface area contributed by atoms with Gasteiger partial charge in [-0.2, -0.15) is 5.10 Å².